The standard InChI is InChI=1S/C17H18N2O2/c1-13(18-16(20)14-9-5-3-6-10-14)17(21)19(2)15-11-7-4-8-12-15/h3-13H,1-2H3,(H,18,20). The summed E-state index contributed by atoms with van der Waals surface area (Å²) >= 11 is 0. The van der Waals surface area contributed by atoms with Crippen LogP contribution >= 0.6 is 0 Å². The van der Waals surface area contributed by atoms with Gasteiger partial charge in [-0.25, -0.2) is 0 Å². The van der Waals surface area contributed by atoms with Crippen molar-refractivity contribution in [2.24, 2.45) is 0 Å². The summed E-state index contributed by atoms with van der Waals surface area (Å²) in [5.74, 6) is -0.414. The van der Waals surface area contributed by atoms with Crippen LogP contribution in [0, 0.1) is 0 Å². The van der Waals surface area contributed by atoms with E-state index in [0.29, 0.717) is 5.56 Å². The average molecular weight is 282 g/mol. The monoisotopic (exact) mass is 282 g/mol. The Morgan fingerprint density at radius 1 is 0.952 bits per heavy atom. The van der Waals surface area contributed by atoms with E-state index in [4.69, 9.17) is 0 Å². The van der Waals surface area contributed by atoms with E-state index in [9.17, 15) is 9.59 Å². The third-order valence-corrected chi connectivity index (χ3v) is 3.23. The number of carbonyl (C=O) groups excluding carboxylic acids is 2. The molecule has 2 rings (SSSR count). The Bertz CT molecular complexity index is 611. The summed E-state index contributed by atoms with van der Waals surface area (Å²) in [4.78, 5) is 25.9. The summed E-state index contributed by atoms with van der Waals surface area (Å²) in [5, 5.41) is 2.72. The maximum atomic E-state index is 12.3. The molecule has 0 heterocycles. The Kier molecular flexibility index (Phi) is 4.72. The molecular formula is C17H18N2O2. The first-order chi connectivity index (χ1) is 10.1. The van der Waals surface area contributed by atoms with E-state index in [1.54, 1.807) is 38.2 Å². The van der Waals surface area contributed by atoms with Crippen LogP contribution in [-0.4, -0.2) is 24.9 Å². The molecule has 0 spiro atoms. The molecule has 1 N–H and O–H groups in total. The zero-order valence-electron chi connectivity index (χ0n) is 12.1. The van der Waals surface area contributed by atoms with Gasteiger partial charge >= 0.3 is 0 Å². The summed E-state index contributed by atoms with van der Waals surface area (Å²) in [6.07, 6.45) is 0. The Labute approximate surface area is 124 Å². The number of para-hydroxylation sites is 1. The number of benzene rings is 2. The van der Waals surface area contributed by atoms with Gasteiger partial charge in [-0.3, -0.25) is 9.59 Å². The molecule has 0 saturated carbocycles. The van der Waals surface area contributed by atoms with Gasteiger partial charge in [0.1, 0.15) is 6.04 Å². The molecule has 2 aromatic rings. The summed E-state index contributed by atoms with van der Waals surface area (Å²) in [7, 11) is 1.70. The van der Waals surface area contributed by atoms with Crippen LogP contribution in [0.1, 0.15) is 17.3 Å². The predicted octanol–water partition coefficient (Wildman–Crippen LogP) is 2.47. The van der Waals surface area contributed by atoms with Gasteiger partial charge in [-0.2, -0.15) is 0 Å². The molecule has 4 nitrogen and oxygen atoms in total. The molecule has 21 heavy (non-hydrogen) atoms. The first-order valence-corrected chi connectivity index (χ1v) is 6.78. The molecular weight excluding hydrogens is 264 g/mol. The summed E-state index contributed by atoms with van der Waals surface area (Å²) in [6, 6.07) is 17.6. The van der Waals surface area contributed by atoms with E-state index in [2.05, 4.69) is 5.32 Å². The van der Waals surface area contributed by atoms with Crippen LogP contribution in [0.2, 0.25) is 0 Å². The van der Waals surface area contributed by atoms with Crippen LogP contribution in [-0.2, 0) is 4.79 Å². The number of nitrogens with one attached hydrogen (secondary N) is 1. The van der Waals surface area contributed by atoms with Crippen LogP contribution in [0.3, 0.4) is 0 Å². The van der Waals surface area contributed by atoms with E-state index in [-0.39, 0.29) is 11.8 Å². The Morgan fingerprint density at radius 2 is 1.48 bits per heavy atom. The van der Waals surface area contributed by atoms with Crippen LogP contribution in [0.15, 0.2) is 60.7 Å². The van der Waals surface area contributed by atoms with Gasteiger partial charge < -0.3 is 10.2 Å². The molecule has 2 aromatic carbocycles. The van der Waals surface area contributed by atoms with Crippen LogP contribution in [0.4, 0.5) is 5.69 Å². The second-order valence-corrected chi connectivity index (χ2v) is 4.79. The maximum Gasteiger partial charge on any atom is 0.251 e. The smallest absolute Gasteiger partial charge is 0.251 e. The quantitative estimate of drug-likeness (QED) is 0.936. The molecule has 1 unspecified atom stereocenters. The number of amides is 2. The van der Waals surface area contributed by atoms with E-state index in [0.717, 1.165) is 5.69 Å². The SMILES string of the molecule is CC(NC(=O)c1ccccc1)C(=O)N(C)c1ccccc1. The van der Waals surface area contributed by atoms with Gasteiger partial charge in [0.15, 0.2) is 0 Å². The zero-order chi connectivity index (χ0) is 15.2. The third kappa shape index (κ3) is 3.69. The minimum atomic E-state index is -0.595. The lowest BCUT2D eigenvalue weighted by molar-refractivity contribution is -0.119. The maximum absolute atomic E-state index is 12.3. The molecule has 0 fully saturated rings. The Balaban J connectivity index is 2.01. The summed E-state index contributed by atoms with van der Waals surface area (Å²) < 4.78 is 0. The zero-order valence-corrected chi connectivity index (χ0v) is 12.1. The van der Waals surface area contributed by atoms with Crippen LogP contribution in [0.25, 0.3) is 0 Å². The minimum absolute atomic E-state index is 0.162. The lowest BCUT2D eigenvalue weighted by atomic mass is 10.2. The molecule has 4 heteroatoms. The van der Waals surface area contributed by atoms with Gasteiger partial charge in [0, 0.05) is 18.3 Å². The van der Waals surface area contributed by atoms with Gasteiger partial charge in [0.05, 0.1) is 0 Å². The number of carbonyl (C=O) groups is 2. The van der Waals surface area contributed by atoms with Gasteiger partial charge in [-0.1, -0.05) is 36.4 Å². The molecule has 2 amide bonds. The number of hydrogen-bond acceptors (Lipinski definition) is 2. The van der Waals surface area contributed by atoms with Gasteiger partial charge in [0.25, 0.3) is 5.91 Å². The van der Waals surface area contributed by atoms with Crippen molar-refractivity contribution in [3.63, 3.8) is 0 Å². The molecule has 0 aromatic heterocycles. The number of hydrogen-bond donors (Lipinski definition) is 1. The van der Waals surface area contributed by atoms with E-state index >= 15 is 0 Å². The van der Waals surface area contributed by atoms with E-state index < -0.39 is 6.04 Å². The highest BCUT2D eigenvalue weighted by molar-refractivity contribution is 6.01. The second-order valence-electron chi connectivity index (χ2n) is 4.79. The summed E-state index contributed by atoms with van der Waals surface area (Å²) in [6.45, 7) is 1.68. The molecule has 108 valence electrons. The van der Waals surface area contributed by atoms with Crippen LogP contribution < -0.4 is 10.2 Å². The predicted molar refractivity (Wildman–Crippen MR) is 83.2 cm³/mol. The fraction of sp³-hybridized carbons (Fsp3) is 0.176. The molecule has 0 radical (unpaired) electrons. The van der Waals surface area contributed by atoms with Gasteiger partial charge in [-0.05, 0) is 31.2 Å². The molecule has 0 bridgehead atoms. The number of anilines is 1. The topological polar surface area (TPSA) is 49.4 Å². The number of rotatable bonds is 4. The number of likely N-dealkylation sites (N-methyl/N-ethyl adjacent to an activating group) is 1. The first-order valence-electron chi connectivity index (χ1n) is 6.78. The van der Waals surface area contributed by atoms with Crippen LogP contribution in [0.5, 0.6) is 0 Å². The fourth-order valence-electron chi connectivity index (χ4n) is 2.00. The van der Waals surface area contributed by atoms with Gasteiger partial charge in [0.2, 0.25) is 5.91 Å². The van der Waals surface area contributed by atoms with E-state index in [1.807, 2.05) is 36.4 Å². The highest BCUT2D eigenvalue weighted by Gasteiger charge is 2.20. The van der Waals surface area contributed by atoms with Crippen molar-refractivity contribution in [2.45, 2.75) is 13.0 Å². The molecule has 0 aliphatic carbocycles. The Hall–Kier alpha value is -2.62. The minimum Gasteiger partial charge on any atom is -0.341 e. The average Bonchev–Trinajstić information content (AvgIpc) is 2.55. The highest BCUT2D eigenvalue weighted by Crippen LogP contribution is 2.12. The van der Waals surface area contributed by atoms with Crippen molar-refractivity contribution >= 4 is 17.5 Å². The van der Waals surface area contributed by atoms with Crippen molar-refractivity contribution in [1.29, 1.82) is 0 Å². The molecule has 0 saturated heterocycles. The first kappa shape index (κ1) is 14.8. The Morgan fingerprint density at radius 3 is 2.05 bits per heavy atom. The number of nitrogens with zero attached hydrogens (tertiary/aromatic N) is 1. The van der Waals surface area contributed by atoms with Crippen molar-refractivity contribution in [3.8, 4) is 0 Å². The summed E-state index contributed by atoms with van der Waals surface area (Å²) in [5.41, 5.74) is 1.34. The van der Waals surface area contributed by atoms with Crippen molar-refractivity contribution in [3.05, 3.63) is 66.2 Å². The molecule has 0 aliphatic heterocycles. The lowest BCUT2D eigenvalue weighted by Gasteiger charge is -2.22. The largest absolute Gasteiger partial charge is 0.341 e. The van der Waals surface area contributed by atoms with E-state index in [1.165, 1.54) is 4.90 Å². The molecule has 0 aliphatic rings. The van der Waals surface area contributed by atoms with Gasteiger partial charge in [-0.15, -0.1) is 0 Å². The third-order valence-electron chi connectivity index (χ3n) is 3.23. The molecule has 1 atom stereocenters. The fourth-order valence-corrected chi connectivity index (χ4v) is 2.00. The van der Waals surface area contributed by atoms with Crippen molar-refractivity contribution in [2.75, 3.05) is 11.9 Å². The lowest BCUT2D eigenvalue weighted by Crippen LogP contribution is -2.45. The normalized spacial score (nSPS) is 11.5. The van der Waals surface area contributed by atoms with Crippen molar-refractivity contribution in [1.82, 2.24) is 5.32 Å². The van der Waals surface area contributed by atoms with Crippen molar-refractivity contribution < 1.29 is 9.59 Å². The second kappa shape index (κ2) is 6.70. The highest BCUT2D eigenvalue weighted by atomic mass is 16.2.